The summed E-state index contributed by atoms with van der Waals surface area (Å²) in [4.78, 5) is 7.15. The van der Waals surface area contributed by atoms with Crippen molar-refractivity contribution >= 4 is 5.65 Å². The van der Waals surface area contributed by atoms with E-state index >= 15 is 0 Å². The van der Waals surface area contributed by atoms with Gasteiger partial charge in [-0.05, 0) is 32.9 Å². The summed E-state index contributed by atoms with van der Waals surface area (Å²) >= 11 is 0. The molecule has 0 bridgehead atoms. The van der Waals surface area contributed by atoms with Crippen molar-refractivity contribution < 1.29 is 0 Å². The van der Waals surface area contributed by atoms with E-state index in [1.165, 1.54) is 5.69 Å². The van der Waals surface area contributed by atoms with Crippen molar-refractivity contribution in [1.82, 2.24) is 19.6 Å². The van der Waals surface area contributed by atoms with Crippen LogP contribution in [-0.2, 0) is 6.54 Å². The summed E-state index contributed by atoms with van der Waals surface area (Å²) in [6.45, 7) is 10.8. The monoisotopic (exact) mass is 258 g/mol. The molecule has 0 aliphatic carbocycles. The van der Waals surface area contributed by atoms with Gasteiger partial charge in [-0.2, -0.15) is 0 Å². The van der Waals surface area contributed by atoms with Gasteiger partial charge in [0.05, 0.1) is 11.4 Å². The van der Waals surface area contributed by atoms with Crippen LogP contribution in [-0.4, -0.2) is 39.5 Å². The van der Waals surface area contributed by atoms with E-state index in [0.717, 1.165) is 37.5 Å². The van der Waals surface area contributed by atoms with E-state index < -0.39 is 0 Å². The molecule has 0 unspecified atom stereocenters. The molecule has 19 heavy (non-hydrogen) atoms. The molecule has 1 saturated heterocycles. The molecule has 1 N–H and O–H groups in total. The Bertz CT molecular complexity index is 585. The summed E-state index contributed by atoms with van der Waals surface area (Å²) in [6, 6.07) is 6.18. The first-order valence-corrected chi connectivity index (χ1v) is 6.95. The SMILES string of the molecule is Cc1nc2ccccn2c1CN1CCNC(C)(C)C1. The molecule has 0 spiro atoms. The first-order chi connectivity index (χ1) is 9.05. The highest BCUT2D eigenvalue weighted by Gasteiger charge is 2.26. The van der Waals surface area contributed by atoms with Crippen LogP contribution in [0, 0.1) is 6.92 Å². The molecule has 1 fully saturated rings. The number of aryl methyl sites for hydroxylation is 1. The number of hydrogen-bond donors (Lipinski definition) is 1. The van der Waals surface area contributed by atoms with Crippen LogP contribution in [0.15, 0.2) is 24.4 Å². The molecule has 0 atom stereocenters. The fraction of sp³-hybridized carbons (Fsp3) is 0.533. The number of nitrogens with zero attached hydrogens (tertiary/aromatic N) is 3. The van der Waals surface area contributed by atoms with Crippen LogP contribution in [0.1, 0.15) is 25.2 Å². The number of aromatic nitrogens is 2. The third kappa shape index (κ3) is 2.51. The minimum Gasteiger partial charge on any atom is -0.309 e. The number of imidazole rings is 1. The lowest BCUT2D eigenvalue weighted by Gasteiger charge is -2.39. The highest BCUT2D eigenvalue weighted by atomic mass is 15.2. The van der Waals surface area contributed by atoms with Crippen LogP contribution in [0.5, 0.6) is 0 Å². The second-order valence-corrected chi connectivity index (χ2v) is 6.09. The Morgan fingerprint density at radius 1 is 1.37 bits per heavy atom. The Morgan fingerprint density at radius 3 is 3.00 bits per heavy atom. The molecule has 4 nitrogen and oxygen atoms in total. The lowest BCUT2D eigenvalue weighted by molar-refractivity contribution is 0.146. The summed E-state index contributed by atoms with van der Waals surface area (Å²) in [5.41, 5.74) is 3.70. The van der Waals surface area contributed by atoms with Gasteiger partial charge in [-0.25, -0.2) is 4.98 Å². The van der Waals surface area contributed by atoms with E-state index in [9.17, 15) is 0 Å². The van der Waals surface area contributed by atoms with Crippen molar-refractivity contribution in [1.29, 1.82) is 0 Å². The number of nitrogens with one attached hydrogen (secondary N) is 1. The van der Waals surface area contributed by atoms with Gasteiger partial charge in [-0.15, -0.1) is 0 Å². The van der Waals surface area contributed by atoms with Gasteiger partial charge in [-0.3, -0.25) is 4.90 Å². The van der Waals surface area contributed by atoms with Crippen molar-refractivity contribution in [2.24, 2.45) is 0 Å². The van der Waals surface area contributed by atoms with Gasteiger partial charge < -0.3 is 9.72 Å². The van der Waals surface area contributed by atoms with Crippen LogP contribution in [0.3, 0.4) is 0 Å². The first kappa shape index (κ1) is 12.6. The van der Waals surface area contributed by atoms with Crippen molar-refractivity contribution in [3.05, 3.63) is 35.8 Å². The number of piperazine rings is 1. The minimum atomic E-state index is 0.201. The van der Waals surface area contributed by atoms with Gasteiger partial charge in [0.15, 0.2) is 0 Å². The summed E-state index contributed by atoms with van der Waals surface area (Å²) in [7, 11) is 0. The van der Waals surface area contributed by atoms with Crippen molar-refractivity contribution in [3.63, 3.8) is 0 Å². The number of fused-ring (bicyclic) bond motifs is 1. The standard InChI is InChI=1S/C15H22N4/c1-12-13(19-8-5-4-6-14(19)17-12)10-18-9-7-16-15(2,3)11-18/h4-6,8,16H,7,9-11H2,1-3H3. The molecule has 1 aliphatic rings. The largest absolute Gasteiger partial charge is 0.309 e. The van der Waals surface area contributed by atoms with Gasteiger partial charge in [0.25, 0.3) is 0 Å². The van der Waals surface area contributed by atoms with Gasteiger partial charge >= 0.3 is 0 Å². The van der Waals surface area contributed by atoms with Gasteiger partial charge in [-0.1, -0.05) is 6.07 Å². The Morgan fingerprint density at radius 2 is 2.21 bits per heavy atom. The number of pyridine rings is 1. The average Bonchev–Trinajstić information content (AvgIpc) is 2.65. The van der Waals surface area contributed by atoms with Crippen LogP contribution in [0.4, 0.5) is 0 Å². The lowest BCUT2D eigenvalue weighted by Crippen LogP contribution is -2.56. The van der Waals surface area contributed by atoms with E-state index in [1.807, 2.05) is 6.07 Å². The average molecular weight is 258 g/mol. The Balaban J connectivity index is 1.87. The number of hydrogen-bond acceptors (Lipinski definition) is 3. The molecular formula is C15H22N4. The van der Waals surface area contributed by atoms with E-state index in [1.54, 1.807) is 0 Å². The molecule has 3 heterocycles. The summed E-state index contributed by atoms with van der Waals surface area (Å²) in [5.74, 6) is 0. The summed E-state index contributed by atoms with van der Waals surface area (Å²) in [5, 5.41) is 3.56. The Labute approximate surface area is 114 Å². The minimum absolute atomic E-state index is 0.201. The zero-order valence-electron chi connectivity index (χ0n) is 12.0. The molecule has 0 saturated carbocycles. The first-order valence-electron chi connectivity index (χ1n) is 6.95. The lowest BCUT2D eigenvalue weighted by atomic mass is 10.0. The molecule has 3 rings (SSSR count). The Kier molecular flexibility index (Phi) is 3.07. The highest BCUT2D eigenvalue weighted by Crippen LogP contribution is 2.17. The van der Waals surface area contributed by atoms with Crippen LogP contribution >= 0.6 is 0 Å². The van der Waals surface area contributed by atoms with Gasteiger partial charge in [0.1, 0.15) is 5.65 Å². The van der Waals surface area contributed by atoms with Crippen LogP contribution in [0.2, 0.25) is 0 Å². The highest BCUT2D eigenvalue weighted by molar-refractivity contribution is 5.42. The fourth-order valence-corrected chi connectivity index (χ4v) is 2.95. The smallest absolute Gasteiger partial charge is 0.137 e. The molecule has 0 radical (unpaired) electrons. The molecule has 102 valence electrons. The summed E-state index contributed by atoms with van der Waals surface area (Å²) in [6.07, 6.45) is 2.11. The number of rotatable bonds is 2. The third-order valence-corrected chi connectivity index (χ3v) is 3.85. The quantitative estimate of drug-likeness (QED) is 0.892. The van der Waals surface area contributed by atoms with Crippen molar-refractivity contribution in [2.45, 2.75) is 32.9 Å². The predicted octanol–water partition coefficient (Wildman–Crippen LogP) is 1.83. The zero-order valence-corrected chi connectivity index (χ0v) is 12.0. The predicted molar refractivity (Wildman–Crippen MR) is 77.3 cm³/mol. The van der Waals surface area contributed by atoms with Gasteiger partial charge in [0.2, 0.25) is 0 Å². The van der Waals surface area contributed by atoms with Gasteiger partial charge in [0, 0.05) is 37.9 Å². The second-order valence-electron chi connectivity index (χ2n) is 6.09. The van der Waals surface area contributed by atoms with Crippen LogP contribution < -0.4 is 5.32 Å². The molecular weight excluding hydrogens is 236 g/mol. The van der Waals surface area contributed by atoms with Crippen LogP contribution in [0.25, 0.3) is 5.65 Å². The third-order valence-electron chi connectivity index (χ3n) is 3.85. The van der Waals surface area contributed by atoms with E-state index in [0.29, 0.717) is 0 Å². The zero-order chi connectivity index (χ0) is 13.5. The molecule has 2 aromatic rings. The van der Waals surface area contributed by atoms with Crippen molar-refractivity contribution in [3.8, 4) is 0 Å². The second kappa shape index (κ2) is 4.62. The Hall–Kier alpha value is -1.39. The molecule has 1 aliphatic heterocycles. The summed E-state index contributed by atoms with van der Waals surface area (Å²) < 4.78 is 2.21. The molecule has 2 aromatic heterocycles. The normalized spacial score (nSPS) is 19.9. The van der Waals surface area contributed by atoms with E-state index in [2.05, 4.69) is 58.7 Å². The maximum Gasteiger partial charge on any atom is 0.137 e. The maximum atomic E-state index is 4.64. The molecule has 0 amide bonds. The fourth-order valence-electron chi connectivity index (χ4n) is 2.95. The molecule has 0 aromatic carbocycles. The molecule has 4 heteroatoms. The maximum absolute atomic E-state index is 4.64. The van der Waals surface area contributed by atoms with E-state index in [4.69, 9.17) is 0 Å². The van der Waals surface area contributed by atoms with Crippen molar-refractivity contribution in [2.75, 3.05) is 19.6 Å². The topological polar surface area (TPSA) is 32.6 Å². The van der Waals surface area contributed by atoms with E-state index in [-0.39, 0.29) is 5.54 Å².